The van der Waals surface area contributed by atoms with Crippen LogP contribution in [0.2, 0.25) is 0 Å². The monoisotopic (exact) mass is 182 g/mol. The molecule has 0 spiro atoms. The van der Waals surface area contributed by atoms with Crippen LogP contribution in [0.1, 0.15) is 0 Å². The van der Waals surface area contributed by atoms with E-state index in [0.29, 0.717) is 10.9 Å². The Morgan fingerprint density at radius 1 is 1.58 bits per heavy atom. The van der Waals surface area contributed by atoms with Gasteiger partial charge in [0, 0.05) is 12.3 Å². The van der Waals surface area contributed by atoms with Crippen molar-refractivity contribution in [3.8, 4) is 5.75 Å². The summed E-state index contributed by atoms with van der Waals surface area (Å²) < 4.78 is 0. The van der Waals surface area contributed by atoms with Crippen LogP contribution in [0.25, 0.3) is 0 Å². The number of aromatic hydroxyl groups is 1. The highest BCUT2D eigenvalue weighted by atomic mass is 32.1. The van der Waals surface area contributed by atoms with Crippen LogP contribution in [0.3, 0.4) is 0 Å². The fraction of sp³-hybridized carbons (Fsp3) is 0.125. The number of thiocarbonyl (C=S) groups is 1. The zero-order valence-corrected chi connectivity index (χ0v) is 7.48. The Balaban J connectivity index is 0.000000130. The third-order valence-corrected chi connectivity index (χ3v) is 1.76. The average molecular weight is 182 g/mol. The second-order valence-electron chi connectivity index (χ2n) is 2.35. The van der Waals surface area contributed by atoms with Gasteiger partial charge < -0.3 is 16.2 Å². The third-order valence-electron chi connectivity index (χ3n) is 1.56. The predicted octanol–water partition coefficient (Wildman–Crippen LogP) is 0.442. The normalized spacial score (nSPS) is 9.42. The summed E-state index contributed by atoms with van der Waals surface area (Å²) >= 11 is 4.36. The first-order valence-electron chi connectivity index (χ1n) is 3.45. The maximum absolute atomic E-state index is 8.69. The van der Waals surface area contributed by atoms with E-state index in [0.717, 1.165) is 5.22 Å². The Bertz CT molecular complexity index is 389. The summed E-state index contributed by atoms with van der Waals surface area (Å²) in [4.78, 5) is 0. The van der Waals surface area contributed by atoms with Crippen molar-refractivity contribution in [3.05, 3.63) is 28.6 Å². The van der Waals surface area contributed by atoms with Crippen molar-refractivity contribution in [1.29, 1.82) is 0 Å². The van der Waals surface area contributed by atoms with Crippen molar-refractivity contribution in [2.75, 3.05) is 7.05 Å². The van der Waals surface area contributed by atoms with Gasteiger partial charge in [-0.15, -0.1) is 0 Å². The largest absolute Gasteiger partial charge is 0.507 e. The van der Waals surface area contributed by atoms with E-state index in [2.05, 4.69) is 17.5 Å². The molecule has 0 aromatic heterocycles. The first-order valence-corrected chi connectivity index (χ1v) is 3.86. The molecule has 3 nitrogen and oxygen atoms in total. The number of nitrogens with two attached hydrogens (primary N) is 1. The Morgan fingerprint density at radius 2 is 2.17 bits per heavy atom. The molecule has 12 heavy (non-hydrogen) atoms. The number of benzene rings is 1. The summed E-state index contributed by atoms with van der Waals surface area (Å²) in [6.45, 7) is 0. The van der Waals surface area contributed by atoms with Crippen molar-refractivity contribution in [2.45, 2.75) is 0 Å². The zero-order valence-electron chi connectivity index (χ0n) is 6.66. The lowest BCUT2D eigenvalue weighted by Gasteiger charge is -2.02. The molecule has 0 aromatic rings. The second kappa shape index (κ2) is 3.40. The highest BCUT2D eigenvalue weighted by Crippen LogP contribution is 2.21. The van der Waals surface area contributed by atoms with Crippen LogP contribution in [0.5, 0.6) is 5.75 Å². The molecule has 0 saturated heterocycles. The van der Waals surface area contributed by atoms with Gasteiger partial charge in [0.25, 0.3) is 0 Å². The lowest BCUT2D eigenvalue weighted by molar-refractivity contribution is 0.465. The Morgan fingerprint density at radius 3 is 2.17 bits per heavy atom. The van der Waals surface area contributed by atoms with E-state index < -0.39 is 0 Å². The second-order valence-corrected chi connectivity index (χ2v) is 2.79. The lowest BCUT2D eigenvalue weighted by atomic mass is 10.1. The fourth-order valence-electron chi connectivity index (χ4n) is 0.769. The van der Waals surface area contributed by atoms with Crippen LogP contribution >= 0.6 is 12.2 Å². The Hall–Kier alpha value is -1.29. The van der Waals surface area contributed by atoms with Gasteiger partial charge >= 0.3 is 0 Å². The molecule has 64 valence electrons. The number of phenolic OH excluding ortho intramolecular Hbond substituents is 1. The lowest BCUT2D eigenvalue weighted by Crippen LogP contribution is -2.24. The van der Waals surface area contributed by atoms with Gasteiger partial charge in [-0.3, -0.25) is 0 Å². The molecule has 2 aliphatic rings. The van der Waals surface area contributed by atoms with Crippen LogP contribution in [0.15, 0.2) is 18.2 Å². The summed E-state index contributed by atoms with van der Waals surface area (Å²) in [6.07, 6.45) is 0. The first kappa shape index (κ1) is 8.80. The minimum atomic E-state index is 0.338. The molecule has 0 amide bonds. The van der Waals surface area contributed by atoms with Gasteiger partial charge in [-0.1, -0.05) is 12.1 Å². The van der Waals surface area contributed by atoms with Gasteiger partial charge in [0.2, 0.25) is 0 Å². The first-order chi connectivity index (χ1) is 5.65. The number of phenols is 1. The van der Waals surface area contributed by atoms with Crippen LogP contribution in [-0.2, 0) is 0 Å². The van der Waals surface area contributed by atoms with Gasteiger partial charge in [0.05, 0.1) is 0 Å². The quantitative estimate of drug-likeness (QED) is 0.517. The van der Waals surface area contributed by atoms with E-state index >= 15 is 0 Å². The van der Waals surface area contributed by atoms with Crippen molar-refractivity contribution in [1.82, 2.24) is 5.32 Å². The summed E-state index contributed by atoms with van der Waals surface area (Å²) in [5.41, 5.74) is 4.91. The van der Waals surface area contributed by atoms with Gasteiger partial charge in [-0.2, -0.15) is 0 Å². The summed E-state index contributed by atoms with van der Waals surface area (Å²) in [5, 5.41) is 13.8. The van der Waals surface area contributed by atoms with Crippen molar-refractivity contribution < 1.29 is 5.11 Å². The number of nitrogens with one attached hydrogen (secondary N) is 1. The minimum absolute atomic E-state index is 0.338. The third kappa shape index (κ3) is 1.65. The molecule has 0 unspecified atom stereocenters. The summed E-state index contributed by atoms with van der Waals surface area (Å²) in [7, 11) is 1.68. The standard InChI is InChI=1S/C6H4O.C2H6N2S/c7-6-3-4-1-2-5(4)6;1-4-2(3)5/h1-3,7H;1H3,(H3,3,4,5). The van der Waals surface area contributed by atoms with Crippen LogP contribution in [0.4, 0.5) is 0 Å². The SMILES string of the molecule is CNC(N)=S.Oc1cc2ccc1=2. The van der Waals surface area contributed by atoms with Gasteiger partial charge in [0.15, 0.2) is 5.11 Å². The van der Waals surface area contributed by atoms with E-state index in [4.69, 9.17) is 10.8 Å². The zero-order chi connectivity index (χ0) is 9.14. The molecule has 0 saturated carbocycles. The maximum Gasteiger partial charge on any atom is 0.163 e. The van der Waals surface area contributed by atoms with E-state index in [-0.39, 0.29) is 0 Å². The highest BCUT2D eigenvalue weighted by Gasteiger charge is 2.00. The van der Waals surface area contributed by atoms with Crippen molar-refractivity contribution >= 4 is 17.3 Å². The number of rotatable bonds is 0. The fourth-order valence-corrected chi connectivity index (χ4v) is 0.769. The molecule has 4 N–H and O–H groups in total. The van der Waals surface area contributed by atoms with Gasteiger partial charge in [0.1, 0.15) is 5.75 Å². The molecule has 0 atom stereocenters. The van der Waals surface area contributed by atoms with Gasteiger partial charge in [-0.05, 0) is 23.5 Å². The topological polar surface area (TPSA) is 58.3 Å². The number of hydrogen-bond acceptors (Lipinski definition) is 2. The van der Waals surface area contributed by atoms with Crippen molar-refractivity contribution in [3.63, 3.8) is 0 Å². The molecule has 0 radical (unpaired) electrons. The molecule has 2 aliphatic carbocycles. The molecule has 0 aromatic carbocycles. The molecule has 0 fully saturated rings. The minimum Gasteiger partial charge on any atom is -0.507 e. The average Bonchev–Trinajstić information content (AvgIpc) is 2.00. The van der Waals surface area contributed by atoms with Gasteiger partial charge in [-0.25, -0.2) is 0 Å². The highest BCUT2D eigenvalue weighted by molar-refractivity contribution is 7.80. The van der Waals surface area contributed by atoms with E-state index in [9.17, 15) is 0 Å². The summed E-state index contributed by atoms with van der Waals surface area (Å²) in [5.74, 6) is 0.442. The molecule has 2 rings (SSSR count). The Labute approximate surface area is 75.5 Å². The van der Waals surface area contributed by atoms with E-state index in [1.807, 2.05) is 12.1 Å². The molecule has 4 heteroatoms. The van der Waals surface area contributed by atoms with Crippen LogP contribution in [0, 0.1) is 10.4 Å². The van der Waals surface area contributed by atoms with Crippen LogP contribution < -0.4 is 11.1 Å². The molecular weight excluding hydrogens is 172 g/mol. The maximum atomic E-state index is 8.69. The molecular formula is C8H10N2OS. The smallest absolute Gasteiger partial charge is 0.163 e. The van der Waals surface area contributed by atoms with E-state index in [1.54, 1.807) is 13.1 Å². The molecule has 0 heterocycles. The van der Waals surface area contributed by atoms with Crippen molar-refractivity contribution in [2.24, 2.45) is 5.73 Å². The number of hydrogen-bond donors (Lipinski definition) is 3. The molecule has 0 bridgehead atoms. The van der Waals surface area contributed by atoms with Crippen LogP contribution in [-0.4, -0.2) is 17.3 Å². The van der Waals surface area contributed by atoms with E-state index in [1.165, 1.54) is 5.22 Å². The molecule has 0 aliphatic heterocycles. The predicted molar refractivity (Wildman–Crippen MR) is 51.6 cm³/mol. The Kier molecular flexibility index (Phi) is 2.50. The summed E-state index contributed by atoms with van der Waals surface area (Å²) in [6, 6.07) is 5.65.